The molecule has 6 rings (SSSR count). The fourth-order valence-electron chi connectivity index (χ4n) is 4.70. The molecule has 0 unspecified atom stereocenters. The van der Waals surface area contributed by atoms with E-state index in [1.807, 2.05) is 38.1 Å². The molecule has 0 aliphatic heterocycles. The van der Waals surface area contributed by atoms with Gasteiger partial charge in [0.15, 0.2) is 11.5 Å². The van der Waals surface area contributed by atoms with E-state index >= 15 is 0 Å². The minimum absolute atomic E-state index is 0.0479. The second kappa shape index (κ2) is 11.0. The van der Waals surface area contributed by atoms with Crippen molar-refractivity contribution < 1.29 is 17.6 Å². The smallest absolute Gasteiger partial charge is 0.226 e. The Bertz CT molecular complexity index is 2120. The molecule has 43 heavy (non-hydrogen) atoms. The van der Waals surface area contributed by atoms with Crippen molar-refractivity contribution in [3.05, 3.63) is 78.5 Å². The van der Waals surface area contributed by atoms with Crippen LogP contribution in [-0.2, 0) is 21.4 Å². The van der Waals surface area contributed by atoms with Crippen LogP contribution in [-0.4, -0.2) is 50.7 Å². The maximum absolute atomic E-state index is 14.6. The Kier molecular flexibility index (Phi) is 7.20. The normalized spacial score (nSPS) is 11.9. The van der Waals surface area contributed by atoms with Gasteiger partial charge in [-0.1, -0.05) is 19.9 Å². The molecule has 6 aromatic rings. The number of nitrogens with zero attached hydrogens (tertiary/aromatic N) is 4. The van der Waals surface area contributed by atoms with E-state index in [1.54, 1.807) is 30.7 Å². The number of pyridine rings is 2. The molecule has 0 aliphatic carbocycles. The molecule has 2 aromatic carbocycles. The summed E-state index contributed by atoms with van der Waals surface area (Å²) in [5.74, 6) is -0.293. The monoisotopic (exact) mass is 598 g/mol. The lowest BCUT2D eigenvalue weighted by Gasteiger charge is -2.09. The zero-order valence-electron chi connectivity index (χ0n) is 23.4. The van der Waals surface area contributed by atoms with E-state index in [-0.39, 0.29) is 18.4 Å². The standard InChI is InChI=1S/C30H27FN8O3S/c1-16(2)30(40)35-22-11-20(14-32-15-22)18-4-5-25-24(12-18)27(39-38-25)29-36-26-23(6-7-33-28(26)37-29)19-8-17(9-21(31)10-19)13-34-43(3,41)42/h4-12,14-16,34H,13H2,1-3H3,(H,35,40)(H,38,39)(H,33,36,37). The molecule has 4 heterocycles. The van der Waals surface area contributed by atoms with Gasteiger partial charge in [-0.25, -0.2) is 27.5 Å². The average molecular weight is 599 g/mol. The highest BCUT2D eigenvalue weighted by atomic mass is 32.2. The Morgan fingerprint density at radius 2 is 1.86 bits per heavy atom. The quantitative estimate of drug-likeness (QED) is 0.192. The Hall–Kier alpha value is -5.01. The average Bonchev–Trinajstić information content (AvgIpc) is 3.59. The molecule has 13 heteroatoms. The predicted molar refractivity (Wildman–Crippen MR) is 163 cm³/mol. The van der Waals surface area contributed by atoms with Gasteiger partial charge in [0.25, 0.3) is 0 Å². The number of fused-ring (bicyclic) bond motifs is 2. The number of benzene rings is 2. The Morgan fingerprint density at radius 3 is 2.65 bits per heavy atom. The first-order valence-electron chi connectivity index (χ1n) is 13.4. The number of aromatic amines is 2. The van der Waals surface area contributed by atoms with E-state index in [0.29, 0.717) is 45.1 Å². The fourth-order valence-corrected chi connectivity index (χ4v) is 5.13. The van der Waals surface area contributed by atoms with E-state index in [1.165, 1.54) is 12.1 Å². The number of rotatable bonds is 8. The number of halogens is 1. The molecular weight excluding hydrogens is 571 g/mol. The lowest BCUT2D eigenvalue weighted by Crippen LogP contribution is -2.21. The first-order chi connectivity index (χ1) is 20.5. The van der Waals surface area contributed by atoms with Crippen LogP contribution in [0.4, 0.5) is 10.1 Å². The lowest BCUT2D eigenvalue weighted by molar-refractivity contribution is -0.118. The van der Waals surface area contributed by atoms with Crippen molar-refractivity contribution in [2.24, 2.45) is 5.92 Å². The zero-order chi connectivity index (χ0) is 30.3. The third-order valence-electron chi connectivity index (χ3n) is 6.84. The minimum atomic E-state index is -3.45. The molecule has 0 fully saturated rings. The summed E-state index contributed by atoms with van der Waals surface area (Å²) in [5.41, 5.74) is 6.26. The van der Waals surface area contributed by atoms with Gasteiger partial charge in [0, 0.05) is 41.4 Å². The first-order valence-corrected chi connectivity index (χ1v) is 15.3. The summed E-state index contributed by atoms with van der Waals surface area (Å²) >= 11 is 0. The molecule has 11 nitrogen and oxygen atoms in total. The number of hydrogen-bond acceptors (Lipinski definition) is 7. The van der Waals surface area contributed by atoms with E-state index in [4.69, 9.17) is 4.98 Å². The molecule has 0 radical (unpaired) electrons. The van der Waals surface area contributed by atoms with Crippen molar-refractivity contribution in [3.8, 4) is 33.8 Å². The van der Waals surface area contributed by atoms with Crippen LogP contribution in [0.1, 0.15) is 19.4 Å². The van der Waals surface area contributed by atoms with Crippen molar-refractivity contribution in [1.29, 1.82) is 0 Å². The van der Waals surface area contributed by atoms with E-state index in [2.05, 4.69) is 35.2 Å². The number of sulfonamides is 1. The number of imidazole rings is 1. The van der Waals surface area contributed by atoms with E-state index in [9.17, 15) is 17.6 Å². The third-order valence-corrected chi connectivity index (χ3v) is 7.51. The largest absolute Gasteiger partial charge is 0.324 e. The van der Waals surface area contributed by atoms with Crippen LogP contribution in [0.2, 0.25) is 0 Å². The number of anilines is 1. The molecule has 0 saturated carbocycles. The molecule has 1 amide bonds. The van der Waals surface area contributed by atoms with Crippen LogP contribution >= 0.6 is 0 Å². The van der Waals surface area contributed by atoms with Gasteiger partial charge in [-0.3, -0.25) is 14.9 Å². The maximum atomic E-state index is 14.6. The fraction of sp³-hybridized carbons (Fsp3) is 0.167. The SMILES string of the molecule is CC(C)C(=O)Nc1cncc(-c2ccc3[nH]nc(-c4nc5c(-c6cc(F)cc(CNS(C)(=O)=O)c6)ccnc5[nH]4)c3c2)c1. The van der Waals surface area contributed by atoms with Gasteiger partial charge in [-0.15, -0.1) is 0 Å². The molecule has 0 aliphatic rings. The van der Waals surface area contributed by atoms with Gasteiger partial charge in [0.1, 0.15) is 17.0 Å². The van der Waals surface area contributed by atoms with Crippen LogP contribution in [0.5, 0.6) is 0 Å². The highest BCUT2D eigenvalue weighted by Gasteiger charge is 2.18. The van der Waals surface area contributed by atoms with Crippen molar-refractivity contribution in [2.45, 2.75) is 20.4 Å². The molecule has 0 spiro atoms. The van der Waals surface area contributed by atoms with Crippen molar-refractivity contribution in [1.82, 2.24) is 34.9 Å². The van der Waals surface area contributed by atoms with Crippen LogP contribution in [0.15, 0.2) is 67.1 Å². The van der Waals surface area contributed by atoms with Crippen LogP contribution in [0.3, 0.4) is 0 Å². The number of nitrogens with one attached hydrogen (secondary N) is 4. The summed E-state index contributed by atoms with van der Waals surface area (Å²) in [5, 5.41) is 11.2. The molecule has 0 atom stereocenters. The summed E-state index contributed by atoms with van der Waals surface area (Å²) < 4.78 is 40.1. The number of hydrogen-bond donors (Lipinski definition) is 4. The number of carbonyl (C=O) groups excluding carboxylic acids is 1. The van der Waals surface area contributed by atoms with E-state index < -0.39 is 15.8 Å². The van der Waals surface area contributed by atoms with Crippen molar-refractivity contribution >= 4 is 43.7 Å². The summed E-state index contributed by atoms with van der Waals surface area (Å²) in [6.07, 6.45) is 5.97. The van der Waals surface area contributed by atoms with Crippen LogP contribution in [0.25, 0.3) is 55.8 Å². The number of H-pyrrole nitrogens is 2. The summed E-state index contributed by atoms with van der Waals surface area (Å²) in [6, 6.07) is 13.8. The molecular formula is C30H27FN8O3S. The molecule has 0 saturated heterocycles. The van der Waals surface area contributed by atoms with Gasteiger partial charge in [-0.2, -0.15) is 5.10 Å². The zero-order valence-corrected chi connectivity index (χ0v) is 24.3. The van der Waals surface area contributed by atoms with Gasteiger partial charge in [-0.05, 0) is 59.2 Å². The first kappa shape index (κ1) is 28.1. The number of carbonyl (C=O) groups is 1. The highest BCUT2D eigenvalue weighted by molar-refractivity contribution is 7.88. The second-order valence-electron chi connectivity index (χ2n) is 10.5. The van der Waals surface area contributed by atoms with Crippen LogP contribution < -0.4 is 10.0 Å². The number of amides is 1. The maximum Gasteiger partial charge on any atom is 0.226 e. The van der Waals surface area contributed by atoms with Gasteiger partial charge < -0.3 is 10.3 Å². The molecule has 0 bridgehead atoms. The Balaban J connectivity index is 1.38. The van der Waals surface area contributed by atoms with E-state index in [0.717, 1.165) is 28.3 Å². The topological polar surface area (TPSA) is 158 Å². The summed E-state index contributed by atoms with van der Waals surface area (Å²) in [7, 11) is -3.45. The summed E-state index contributed by atoms with van der Waals surface area (Å²) in [6.45, 7) is 3.60. The Morgan fingerprint density at radius 1 is 1.02 bits per heavy atom. The minimum Gasteiger partial charge on any atom is -0.324 e. The summed E-state index contributed by atoms with van der Waals surface area (Å²) in [4.78, 5) is 28.9. The highest BCUT2D eigenvalue weighted by Crippen LogP contribution is 2.33. The van der Waals surface area contributed by atoms with Gasteiger partial charge in [0.05, 0.1) is 23.7 Å². The van der Waals surface area contributed by atoms with Gasteiger partial charge >= 0.3 is 0 Å². The third kappa shape index (κ3) is 5.98. The molecule has 218 valence electrons. The van der Waals surface area contributed by atoms with Crippen LogP contribution in [0, 0.1) is 11.7 Å². The molecule has 4 aromatic heterocycles. The lowest BCUT2D eigenvalue weighted by atomic mass is 10.0. The number of aromatic nitrogens is 6. The Labute approximate surface area is 246 Å². The predicted octanol–water partition coefficient (Wildman–Crippen LogP) is 5.01. The van der Waals surface area contributed by atoms with Crippen molar-refractivity contribution in [3.63, 3.8) is 0 Å². The molecule has 4 N–H and O–H groups in total. The van der Waals surface area contributed by atoms with Gasteiger partial charge in [0.2, 0.25) is 15.9 Å². The van der Waals surface area contributed by atoms with Crippen molar-refractivity contribution in [2.75, 3.05) is 11.6 Å². The second-order valence-corrected chi connectivity index (χ2v) is 12.4.